The van der Waals surface area contributed by atoms with Gasteiger partial charge >= 0.3 is 0 Å². The van der Waals surface area contributed by atoms with Gasteiger partial charge in [-0.15, -0.1) is 5.10 Å². The van der Waals surface area contributed by atoms with Gasteiger partial charge in [0.25, 0.3) is 0 Å². The van der Waals surface area contributed by atoms with Crippen molar-refractivity contribution in [2.45, 2.75) is 19.4 Å². The largest absolute Gasteiger partial charge is 0.476 e. The lowest BCUT2D eigenvalue weighted by atomic mass is 10.0. The average molecular weight is 390 g/mol. The molecule has 0 radical (unpaired) electrons. The minimum Gasteiger partial charge on any atom is -0.476 e. The highest BCUT2D eigenvalue weighted by Crippen LogP contribution is 2.29. The molecule has 1 saturated heterocycles. The number of hydrogen-bond acceptors (Lipinski definition) is 3. The van der Waals surface area contributed by atoms with Crippen molar-refractivity contribution in [1.82, 2.24) is 15.1 Å². The van der Waals surface area contributed by atoms with Crippen molar-refractivity contribution in [3.63, 3.8) is 0 Å². The SMILES string of the molecule is Clc1ccc(Cn2nc(OCC3CCCNC3)c3cc(Cl)ccc32)cc1. The molecule has 136 valence electrons. The molecule has 1 atom stereocenters. The summed E-state index contributed by atoms with van der Waals surface area (Å²) >= 11 is 12.2. The first-order valence-corrected chi connectivity index (χ1v) is 9.68. The van der Waals surface area contributed by atoms with E-state index in [4.69, 9.17) is 33.0 Å². The lowest BCUT2D eigenvalue weighted by Crippen LogP contribution is -2.33. The predicted octanol–water partition coefficient (Wildman–Crippen LogP) is 4.77. The van der Waals surface area contributed by atoms with Crippen molar-refractivity contribution in [1.29, 1.82) is 0 Å². The smallest absolute Gasteiger partial charge is 0.240 e. The maximum Gasteiger partial charge on any atom is 0.240 e. The number of aromatic nitrogens is 2. The Morgan fingerprint density at radius 1 is 1.12 bits per heavy atom. The van der Waals surface area contributed by atoms with E-state index >= 15 is 0 Å². The molecule has 4 nitrogen and oxygen atoms in total. The summed E-state index contributed by atoms with van der Waals surface area (Å²) in [5.74, 6) is 1.18. The van der Waals surface area contributed by atoms with E-state index in [2.05, 4.69) is 5.32 Å². The van der Waals surface area contributed by atoms with Crippen LogP contribution < -0.4 is 10.1 Å². The second-order valence-corrected chi connectivity index (χ2v) is 7.65. The van der Waals surface area contributed by atoms with Crippen molar-refractivity contribution >= 4 is 34.1 Å². The van der Waals surface area contributed by atoms with Crippen LogP contribution in [0.2, 0.25) is 10.0 Å². The fourth-order valence-electron chi connectivity index (χ4n) is 3.37. The van der Waals surface area contributed by atoms with Gasteiger partial charge in [-0.3, -0.25) is 4.68 Å². The van der Waals surface area contributed by atoms with Crippen molar-refractivity contribution in [3.05, 3.63) is 58.1 Å². The van der Waals surface area contributed by atoms with Crippen LogP contribution in [0.4, 0.5) is 0 Å². The average Bonchev–Trinajstić information content (AvgIpc) is 2.99. The topological polar surface area (TPSA) is 39.1 Å². The van der Waals surface area contributed by atoms with Crippen LogP contribution in [0.5, 0.6) is 5.88 Å². The molecule has 4 rings (SSSR count). The van der Waals surface area contributed by atoms with Gasteiger partial charge in [-0.25, -0.2) is 0 Å². The summed E-state index contributed by atoms with van der Waals surface area (Å²) in [7, 11) is 0. The number of benzene rings is 2. The number of piperidine rings is 1. The highest BCUT2D eigenvalue weighted by Gasteiger charge is 2.17. The van der Waals surface area contributed by atoms with Crippen LogP contribution in [0.15, 0.2) is 42.5 Å². The number of rotatable bonds is 5. The Kier molecular flexibility index (Phi) is 5.34. The van der Waals surface area contributed by atoms with Gasteiger partial charge in [-0.1, -0.05) is 35.3 Å². The van der Waals surface area contributed by atoms with Crippen LogP contribution in [0, 0.1) is 5.92 Å². The van der Waals surface area contributed by atoms with Crippen LogP contribution >= 0.6 is 23.2 Å². The van der Waals surface area contributed by atoms with Gasteiger partial charge in [0.1, 0.15) is 0 Å². The summed E-state index contributed by atoms with van der Waals surface area (Å²) in [6.45, 7) is 3.44. The first kappa shape index (κ1) is 17.7. The van der Waals surface area contributed by atoms with Crippen molar-refractivity contribution < 1.29 is 4.74 Å². The number of nitrogens with zero attached hydrogens (tertiary/aromatic N) is 2. The van der Waals surface area contributed by atoms with E-state index in [9.17, 15) is 0 Å². The molecule has 1 N–H and O–H groups in total. The molecule has 2 aromatic carbocycles. The molecule has 1 unspecified atom stereocenters. The number of fused-ring (bicyclic) bond motifs is 1. The molecule has 0 aliphatic carbocycles. The molecular weight excluding hydrogens is 369 g/mol. The van der Waals surface area contributed by atoms with Gasteiger partial charge in [-0.2, -0.15) is 0 Å². The fraction of sp³-hybridized carbons (Fsp3) is 0.350. The third kappa shape index (κ3) is 3.98. The number of nitrogens with one attached hydrogen (secondary N) is 1. The quantitative estimate of drug-likeness (QED) is 0.682. The predicted molar refractivity (Wildman–Crippen MR) is 106 cm³/mol. The highest BCUT2D eigenvalue weighted by molar-refractivity contribution is 6.31. The lowest BCUT2D eigenvalue weighted by Gasteiger charge is -2.22. The Labute approximate surface area is 163 Å². The standard InChI is InChI=1S/C20H21Cl2N3O/c21-16-5-3-14(4-6-16)12-25-19-8-7-17(22)10-18(19)20(24-25)26-13-15-2-1-9-23-11-15/h3-8,10,15,23H,1-2,9,11-13H2. The van der Waals surface area contributed by atoms with Crippen LogP contribution in [0.25, 0.3) is 10.9 Å². The maximum absolute atomic E-state index is 6.21. The van der Waals surface area contributed by atoms with E-state index in [1.54, 1.807) is 0 Å². The van der Waals surface area contributed by atoms with E-state index in [0.717, 1.165) is 34.6 Å². The van der Waals surface area contributed by atoms with Crippen LogP contribution in [0.3, 0.4) is 0 Å². The third-order valence-corrected chi connectivity index (χ3v) is 5.27. The van der Waals surface area contributed by atoms with Gasteiger partial charge in [0.05, 0.1) is 24.1 Å². The first-order chi connectivity index (χ1) is 12.7. The number of halogens is 2. The molecule has 1 aromatic heterocycles. The maximum atomic E-state index is 6.21. The minimum absolute atomic E-state index is 0.527. The molecule has 1 aliphatic rings. The Hall–Kier alpha value is -1.75. The molecular formula is C20H21Cl2N3O. The molecule has 0 bridgehead atoms. The lowest BCUT2D eigenvalue weighted by molar-refractivity contribution is 0.212. The minimum atomic E-state index is 0.527. The van der Waals surface area contributed by atoms with Crippen LogP contribution in [-0.4, -0.2) is 29.5 Å². The van der Waals surface area contributed by atoms with Gasteiger partial charge in [0.2, 0.25) is 5.88 Å². The number of hydrogen-bond donors (Lipinski definition) is 1. The summed E-state index contributed by atoms with van der Waals surface area (Å²) in [5, 5.41) is 10.5. The zero-order valence-corrected chi connectivity index (χ0v) is 15.9. The zero-order valence-electron chi connectivity index (χ0n) is 14.4. The summed E-state index contributed by atoms with van der Waals surface area (Å²) in [5.41, 5.74) is 2.15. The van der Waals surface area contributed by atoms with E-state index in [1.807, 2.05) is 47.1 Å². The summed E-state index contributed by atoms with van der Waals surface area (Å²) in [6.07, 6.45) is 2.39. The van der Waals surface area contributed by atoms with Gasteiger partial charge in [-0.05, 0) is 55.3 Å². The Balaban J connectivity index is 1.59. The van der Waals surface area contributed by atoms with Crippen molar-refractivity contribution in [3.8, 4) is 5.88 Å². The van der Waals surface area contributed by atoms with E-state index < -0.39 is 0 Å². The highest BCUT2D eigenvalue weighted by atomic mass is 35.5. The molecule has 0 spiro atoms. The van der Waals surface area contributed by atoms with Gasteiger partial charge < -0.3 is 10.1 Å². The first-order valence-electron chi connectivity index (χ1n) is 8.93. The molecule has 3 aromatic rings. The van der Waals surface area contributed by atoms with Gasteiger partial charge in [0, 0.05) is 22.5 Å². The molecule has 6 heteroatoms. The Morgan fingerprint density at radius 2 is 1.92 bits per heavy atom. The van der Waals surface area contributed by atoms with E-state index in [1.165, 1.54) is 12.8 Å². The summed E-state index contributed by atoms with van der Waals surface area (Å²) in [4.78, 5) is 0. The second kappa shape index (κ2) is 7.87. The summed E-state index contributed by atoms with van der Waals surface area (Å²) < 4.78 is 8.06. The zero-order chi connectivity index (χ0) is 17.9. The monoisotopic (exact) mass is 389 g/mol. The Morgan fingerprint density at radius 3 is 2.69 bits per heavy atom. The van der Waals surface area contributed by atoms with Gasteiger partial charge in [0.15, 0.2) is 0 Å². The van der Waals surface area contributed by atoms with Crippen molar-refractivity contribution in [2.24, 2.45) is 5.92 Å². The van der Waals surface area contributed by atoms with E-state index in [-0.39, 0.29) is 0 Å². The normalized spacial score (nSPS) is 17.5. The number of ether oxygens (including phenoxy) is 1. The second-order valence-electron chi connectivity index (χ2n) is 6.77. The Bertz CT molecular complexity index is 886. The van der Waals surface area contributed by atoms with Crippen molar-refractivity contribution in [2.75, 3.05) is 19.7 Å². The molecule has 1 aliphatic heterocycles. The van der Waals surface area contributed by atoms with Crippen LogP contribution in [-0.2, 0) is 6.54 Å². The molecule has 0 saturated carbocycles. The molecule has 1 fully saturated rings. The van der Waals surface area contributed by atoms with E-state index in [0.29, 0.717) is 30.0 Å². The molecule has 26 heavy (non-hydrogen) atoms. The third-order valence-electron chi connectivity index (χ3n) is 4.78. The molecule has 0 amide bonds. The molecule has 2 heterocycles. The van der Waals surface area contributed by atoms with Crippen LogP contribution in [0.1, 0.15) is 18.4 Å². The fourth-order valence-corrected chi connectivity index (χ4v) is 3.67. The summed E-state index contributed by atoms with van der Waals surface area (Å²) in [6, 6.07) is 13.6.